The number of aromatic nitrogens is 2. The van der Waals surface area contributed by atoms with E-state index in [1.165, 1.54) is 32.8 Å². The van der Waals surface area contributed by atoms with E-state index in [0.29, 0.717) is 0 Å². The molecule has 0 atom stereocenters. The number of para-hydroxylation sites is 2. The summed E-state index contributed by atoms with van der Waals surface area (Å²) in [6, 6.07) is 17.1. The molecule has 92 valence electrons. The van der Waals surface area contributed by atoms with E-state index in [2.05, 4.69) is 70.2 Å². The summed E-state index contributed by atoms with van der Waals surface area (Å²) in [5.74, 6) is 0. The molecule has 0 aliphatic heterocycles. The number of thiazole rings is 1. The SMILES string of the molecule is Cc1ccc(-c2csc3[nH]c4ccccc4[n+]23)cc1. The smallest absolute Gasteiger partial charge is 0.227 e. The minimum absolute atomic E-state index is 1.18. The van der Waals surface area contributed by atoms with Crippen molar-refractivity contribution in [1.82, 2.24) is 4.98 Å². The number of hydrogen-bond acceptors (Lipinski definition) is 1. The van der Waals surface area contributed by atoms with Gasteiger partial charge in [0.2, 0.25) is 0 Å². The number of imidazole rings is 1. The third-order valence-electron chi connectivity index (χ3n) is 3.46. The second-order valence-electron chi connectivity index (χ2n) is 4.77. The molecule has 2 nitrogen and oxygen atoms in total. The summed E-state index contributed by atoms with van der Waals surface area (Å²) in [5.41, 5.74) is 6.21. The lowest BCUT2D eigenvalue weighted by molar-refractivity contribution is -0.463. The summed E-state index contributed by atoms with van der Waals surface area (Å²) in [7, 11) is 0. The normalized spacial score (nSPS) is 11.4. The summed E-state index contributed by atoms with van der Waals surface area (Å²) in [6.45, 7) is 2.12. The first-order valence-corrected chi connectivity index (χ1v) is 7.18. The van der Waals surface area contributed by atoms with Crippen molar-refractivity contribution in [3.05, 3.63) is 59.5 Å². The Balaban J connectivity index is 2.06. The average Bonchev–Trinajstić information content (AvgIpc) is 2.98. The van der Waals surface area contributed by atoms with Gasteiger partial charge in [-0.25, -0.2) is 4.98 Å². The molecule has 2 aromatic heterocycles. The lowest BCUT2D eigenvalue weighted by Crippen LogP contribution is -2.19. The fourth-order valence-corrected chi connectivity index (χ4v) is 3.40. The largest absolute Gasteiger partial charge is 0.344 e. The van der Waals surface area contributed by atoms with Crippen LogP contribution in [0.15, 0.2) is 53.9 Å². The molecule has 2 aromatic carbocycles. The molecule has 19 heavy (non-hydrogen) atoms. The second kappa shape index (κ2) is 3.93. The van der Waals surface area contributed by atoms with Crippen LogP contribution < -0.4 is 4.40 Å². The maximum absolute atomic E-state index is 3.46. The van der Waals surface area contributed by atoms with Gasteiger partial charge in [-0.05, 0) is 19.1 Å². The van der Waals surface area contributed by atoms with Gasteiger partial charge in [0.1, 0.15) is 0 Å². The molecule has 0 radical (unpaired) electrons. The highest BCUT2D eigenvalue weighted by atomic mass is 32.1. The minimum Gasteiger partial charge on any atom is -0.227 e. The standard InChI is InChI=1S/C16H12N2S/c1-11-6-8-12(9-7-11)15-10-19-16-17-13-4-2-3-5-14(13)18(15)16/h2-10H,1H3/p+1. The molecular formula is C16H13N2S+. The van der Waals surface area contributed by atoms with Gasteiger partial charge in [-0.15, -0.1) is 0 Å². The molecule has 1 N–H and O–H groups in total. The van der Waals surface area contributed by atoms with Crippen molar-refractivity contribution in [2.45, 2.75) is 6.92 Å². The molecule has 2 heterocycles. The average molecular weight is 265 g/mol. The Kier molecular flexibility index (Phi) is 2.23. The van der Waals surface area contributed by atoms with Gasteiger partial charge in [0.25, 0.3) is 0 Å². The monoisotopic (exact) mass is 265 g/mol. The highest BCUT2D eigenvalue weighted by Crippen LogP contribution is 2.23. The van der Waals surface area contributed by atoms with Crippen molar-refractivity contribution >= 4 is 27.3 Å². The van der Waals surface area contributed by atoms with Gasteiger partial charge in [-0.1, -0.05) is 53.3 Å². The molecule has 0 unspecified atom stereocenters. The summed E-state index contributed by atoms with van der Waals surface area (Å²) in [4.78, 5) is 4.64. The molecule has 0 aliphatic rings. The van der Waals surface area contributed by atoms with Crippen LogP contribution in [0.25, 0.3) is 27.3 Å². The summed E-state index contributed by atoms with van der Waals surface area (Å²) < 4.78 is 2.30. The predicted octanol–water partition coefficient (Wildman–Crippen LogP) is 3.94. The van der Waals surface area contributed by atoms with Crippen molar-refractivity contribution in [3.63, 3.8) is 0 Å². The summed E-state index contributed by atoms with van der Waals surface area (Å²) in [6.07, 6.45) is 0. The number of aryl methyl sites for hydroxylation is 1. The van der Waals surface area contributed by atoms with Gasteiger partial charge in [0.05, 0.1) is 0 Å². The summed E-state index contributed by atoms with van der Waals surface area (Å²) >= 11 is 1.75. The number of H-pyrrole nitrogens is 1. The molecule has 4 rings (SSSR count). The van der Waals surface area contributed by atoms with Crippen LogP contribution in [0.4, 0.5) is 0 Å². The zero-order valence-corrected chi connectivity index (χ0v) is 11.4. The molecule has 0 aliphatic carbocycles. The Morgan fingerprint density at radius 2 is 1.79 bits per heavy atom. The fraction of sp³-hybridized carbons (Fsp3) is 0.0625. The van der Waals surface area contributed by atoms with Crippen LogP contribution in [0.5, 0.6) is 0 Å². The van der Waals surface area contributed by atoms with Crippen LogP contribution in [-0.4, -0.2) is 4.98 Å². The van der Waals surface area contributed by atoms with Crippen LogP contribution >= 0.6 is 11.3 Å². The first-order valence-electron chi connectivity index (χ1n) is 6.30. The van der Waals surface area contributed by atoms with Gasteiger partial charge in [0, 0.05) is 10.9 Å². The first-order chi connectivity index (χ1) is 9.33. The number of hydrogen-bond donors (Lipinski definition) is 1. The van der Waals surface area contributed by atoms with E-state index in [9.17, 15) is 0 Å². The van der Waals surface area contributed by atoms with Crippen molar-refractivity contribution in [1.29, 1.82) is 0 Å². The van der Waals surface area contributed by atoms with E-state index in [1.807, 2.05) is 0 Å². The summed E-state index contributed by atoms with van der Waals surface area (Å²) in [5, 5.41) is 2.21. The van der Waals surface area contributed by atoms with Crippen LogP contribution in [0, 0.1) is 6.92 Å². The molecule has 0 saturated heterocycles. The molecule has 4 aromatic rings. The van der Waals surface area contributed by atoms with Gasteiger partial charge >= 0.3 is 4.96 Å². The number of benzene rings is 2. The zero-order chi connectivity index (χ0) is 12.8. The van der Waals surface area contributed by atoms with Crippen molar-refractivity contribution < 1.29 is 4.40 Å². The highest BCUT2D eigenvalue weighted by molar-refractivity contribution is 7.15. The first kappa shape index (κ1) is 10.8. The molecule has 3 heteroatoms. The van der Waals surface area contributed by atoms with Gasteiger partial charge in [-0.2, -0.15) is 4.40 Å². The molecule has 0 spiro atoms. The lowest BCUT2D eigenvalue weighted by Gasteiger charge is -1.97. The topological polar surface area (TPSA) is 19.9 Å². The number of fused-ring (bicyclic) bond motifs is 3. The molecule has 0 fully saturated rings. The van der Waals surface area contributed by atoms with Crippen molar-refractivity contribution in [3.8, 4) is 11.3 Å². The van der Waals surface area contributed by atoms with Gasteiger partial charge in [0.15, 0.2) is 16.7 Å². The van der Waals surface area contributed by atoms with E-state index in [-0.39, 0.29) is 0 Å². The quantitative estimate of drug-likeness (QED) is 0.503. The van der Waals surface area contributed by atoms with Gasteiger partial charge in [-0.3, -0.25) is 0 Å². The Bertz CT molecular complexity index is 869. The highest BCUT2D eigenvalue weighted by Gasteiger charge is 2.18. The minimum atomic E-state index is 1.18. The second-order valence-corrected chi connectivity index (χ2v) is 5.63. The van der Waals surface area contributed by atoms with Crippen LogP contribution in [-0.2, 0) is 0 Å². The Labute approximate surface area is 115 Å². The van der Waals surface area contributed by atoms with Crippen molar-refractivity contribution in [2.75, 3.05) is 0 Å². The Hall–Kier alpha value is -2.13. The molecule has 0 amide bonds. The van der Waals surface area contributed by atoms with E-state index in [4.69, 9.17) is 0 Å². The number of aromatic amines is 1. The number of nitrogens with one attached hydrogen (secondary N) is 1. The molecule has 0 bridgehead atoms. The lowest BCUT2D eigenvalue weighted by atomic mass is 10.1. The van der Waals surface area contributed by atoms with Crippen LogP contribution in [0.2, 0.25) is 0 Å². The Morgan fingerprint density at radius 3 is 2.63 bits per heavy atom. The van der Waals surface area contributed by atoms with Crippen LogP contribution in [0.1, 0.15) is 5.56 Å². The zero-order valence-electron chi connectivity index (χ0n) is 10.6. The third kappa shape index (κ3) is 1.59. The number of nitrogens with zero attached hydrogens (tertiary/aromatic N) is 1. The van der Waals surface area contributed by atoms with E-state index >= 15 is 0 Å². The van der Waals surface area contributed by atoms with Gasteiger partial charge < -0.3 is 0 Å². The van der Waals surface area contributed by atoms with E-state index < -0.39 is 0 Å². The Morgan fingerprint density at radius 1 is 1.00 bits per heavy atom. The maximum Gasteiger partial charge on any atom is 0.344 e. The predicted molar refractivity (Wildman–Crippen MR) is 79.5 cm³/mol. The molecular weight excluding hydrogens is 252 g/mol. The maximum atomic E-state index is 3.46. The third-order valence-corrected chi connectivity index (χ3v) is 4.31. The van der Waals surface area contributed by atoms with E-state index in [0.717, 1.165) is 0 Å². The van der Waals surface area contributed by atoms with Crippen molar-refractivity contribution in [2.24, 2.45) is 0 Å². The molecule has 0 saturated carbocycles. The number of rotatable bonds is 1. The fourth-order valence-electron chi connectivity index (χ4n) is 2.46. The van der Waals surface area contributed by atoms with Crippen LogP contribution in [0.3, 0.4) is 0 Å². The van der Waals surface area contributed by atoms with E-state index in [1.54, 1.807) is 11.3 Å².